The normalized spacial score (nSPS) is 12.1. The number of fused-ring (bicyclic) bond motifs is 1. The number of carbonyl (C=O) groups is 1. The molecule has 0 aliphatic heterocycles. The number of hydrogen-bond acceptors (Lipinski definition) is 3. The van der Waals surface area contributed by atoms with E-state index < -0.39 is 0 Å². The molecule has 5 heteroatoms. The van der Waals surface area contributed by atoms with Crippen molar-refractivity contribution in [1.29, 1.82) is 0 Å². The molecule has 0 aliphatic rings. The number of rotatable bonds is 6. The summed E-state index contributed by atoms with van der Waals surface area (Å²) in [4.78, 5) is 17.3. The summed E-state index contributed by atoms with van der Waals surface area (Å²) in [6, 6.07) is 22.2. The highest BCUT2D eigenvalue weighted by atomic mass is 16.2. The van der Waals surface area contributed by atoms with Crippen molar-refractivity contribution in [1.82, 2.24) is 20.1 Å². The maximum atomic E-state index is 12.8. The largest absolute Gasteiger partial charge is 0.348 e. The topological polar surface area (TPSA) is 59.8 Å². The van der Waals surface area contributed by atoms with Crippen LogP contribution < -0.4 is 5.32 Å². The van der Waals surface area contributed by atoms with Crippen LogP contribution in [0.25, 0.3) is 22.2 Å². The summed E-state index contributed by atoms with van der Waals surface area (Å²) in [6.07, 6.45) is 2.60. The van der Waals surface area contributed by atoms with Crippen LogP contribution in [0.15, 0.2) is 72.9 Å². The van der Waals surface area contributed by atoms with Crippen molar-refractivity contribution in [3.05, 3.63) is 84.2 Å². The molecule has 1 atom stereocenters. The average molecular weight is 384 g/mol. The van der Waals surface area contributed by atoms with Crippen molar-refractivity contribution in [2.24, 2.45) is 0 Å². The Morgan fingerprint density at radius 2 is 1.72 bits per heavy atom. The highest BCUT2D eigenvalue weighted by molar-refractivity contribution is 5.95. The first-order valence-corrected chi connectivity index (χ1v) is 9.89. The fourth-order valence-corrected chi connectivity index (χ4v) is 3.73. The van der Waals surface area contributed by atoms with E-state index in [9.17, 15) is 4.79 Å². The van der Waals surface area contributed by atoms with Gasteiger partial charge in [-0.1, -0.05) is 67.6 Å². The SMILES string of the molecule is CCC(NC(=O)Cn1nc(C)c2c(-c3ccccc3)ccnc21)c1ccccc1. The van der Waals surface area contributed by atoms with Gasteiger partial charge in [-0.3, -0.25) is 4.79 Å². The van der Waals surface area contributed by atoms with Crippen molar-refractivity contribution in [3.63, 3.8) is 0 Å². The molecule has 0 aliphatic carbocycles. The summed E-state index contributed by atoms with van der Waals surface area (Å²) in [5, 5.41) is 8.73. The van der Waals surface area contributed by atoms with Gasteiger partial charge in [-0.2, -0.15) is 5.10 Å². The van der Waals surface area contributed by atoms with Crippen LogP contribution in [0.5, 0.6) is 0 Å². The summed E-state index contributed by atoms with van der Waals surface area (Å²) in [7, 11) is 0. The standard InChI is InChI=1S/C24H24N4O/c1-3-21(19-12-8-5-9-13-19)26-22(29)16-28-24-23(17(2)27-28)20(14-15-25-24)18-10-6-4-7-11-18/h4-15,21H,3,16H2,1-2H3,(H,26,29). The Kier molecular flexibility index (Phi) is 5.38. The zero-order chi connectivity index (χ0) is 20.2. The lowest BCUT2D eigenvalue weighted by Crippen LogP contribution is -2.31. The molecule has 0 bridgehead atoms. The minimum Gasteiger partial charge on any atom is -0.348 e. The van der Waals surface area contributed by atoms with Gasteiger partial charge in [0.2, 0.25) is 5.91 Å². The molecule has 2 aromatic carbocycles. The Hall–Kier alpha value is -3.47. The van der Waals surface area contributed by atoms with Crippen LogP contribution in [0, 0.1) is 6.92 Å². The quantitative estimate of drug-likeness (QED) is 0.525. The second-order valence-corrected chi connectivity index (χ2v) is 7.11. The predicted octanol–water partition coefficient (Wildman–Crippen LogP) is 4.67. The number of carbonyl (C=O) groups excluding carboxylic acids is 1. The molecular formula is C24H24N4O. The lowest BCUT2D eigenvalue weighted by atomic mass is 10.0. The third-order valence-electron chi connectivity index (χ3n) is 5.13. The number of aryl methyl sites for hydroxylation is 1. The number of nitrogens with one attached hydrogen (secondary N) is 1. The summed E-state index contributed by atoms with van der Waals surface area (Å²) >= 11 is 0. The van der Waals surface area contributed by atoms with Gasteiger partial charge >= 0.3 is 0 Å². The number of amides is 1. The second kappa shape index (κ2) is 8.27. The fraction of sp³-hybridized carbons (Fsp3) is 0.208. The smallest absolute Gasteiger partial charge is 0.242 e. The fourth-order valence-electron chi connectivity index (χ4n) is 3.73. The summed E-state index contributed by atoms with van der Waals surface area (Å²) in [6.45, 7) is 4.17. The van der Waals surface area contributed by atoms with Crippen molar-refractivity contribution < 1.29 is 4.79 Å². The Morgan fingerprint density at radius 3 is 2.41 bits per heavy atom. The maximum Gasteiger partial charge on any atom is 0.242 e. The first-order chi connectivity index (χ1) is 14.2. The van der Waals surface area contributed by atoms with Crippen LogP contribution >= 0.6 is 0 Å². The van der Waals surface area contributed by atoms with Crippen molar-refractivity contribution in [3.8, 4) is 11.1 Å². The molecule has 1 amide bonds. The van der Waals surface area contributed by atoms with Crippen LogP contribution in [0.3, 0.4) is 0 Å². The van der Waals surface area contributed by atoms with E-state index in [1.807, 2.05) is 61.5 Å². The molecule has 2 aromatic heterocycles. The maximum absolute atomic E-state index is 12.8. The van der Waals surface area contributed by atoms with E-state index in [1.54, 1.807) is 10.9 Å². The van der Waals surface area contributed by atoms with Gasteiger partial charge in [-0.25, -0.2) is 9.67 Å². The molecule has 0 saturated heterocycles. The molecule has 4 aromatic rings. The molecule has 1 N–H and O–H groups in total. The molecular weight excluding hydrogens is 360 g/mol. The van der Waals surface area contributed by atoms with Crippen molar-refractivity contribution in [2.45, 2.75) is 32.9 Å². The summed E-state index contributed by atoms with van der Waals surface area (Å²) < 4.78 is 1.70. The van der Waals surface area contributed by atoms with Crippen molar-refractivity contribution in [2.75, 3.05) is 0 Å². The molecule has 0 fully saturated rings. The molecule has 0 radical (unpaired) electrons. The molecule has 1 unspecified atom stereocenters. The lowest BCUT2D eigenvalue weighted by molar-refractivity contribution is -0.122. The molecule has 146 valence electrons. The van der Waals surface area contributed by atoms with Crippen molar-refractivity contribution >= 4 is 16.9 Å². The first-order valence-electron chi connectivity index (χ1n) is 9.89. The van der Waals surface area contributed by atoms with E-state index >= 15 is 0 Å². The number of aromatic nitrogens is 3. The van der Waals surface area contributed by atoms with Crippen LogP contribution in [-0.2, 0) is 11.3 Å². The Morgan fingerprint density at radius 1 is 1.03 bits per heavy atom. The first kappa shape index (κ1) is 18.9. The summed E-state index contributed by atoms with van der Waals surface area (Å²) in [5.74, 6) is -0.0722. The second-order valence-electron chi connectivity index (χ2n) is 7.11. The molecule has 5 nitrogen and oxygen atoms in total. The number of nitrogens with zero attached hydrogens (tertiary/aromatic N) is 3. The number of pyridine rings is 1. The third-order valence-corrected chi connectivity index (χ3v) is 5.13. The van der Waals surface area contributed by atoms with Crippen LogP contribution in [0.2, 0.25) is 0 Å². The zero-order valence-electron chi connectivity index (χ0n) is 16.7. The minimum atomic E-state index is -0.0722. The van der Waals surface area contributed by atoms with E-state index in [0.29, 0.717) is 0 Å². The zero-order valence-corrected chi connectivity index (χ0v) is 16.7. The number of benzene rings is 2. The molecule has 29 heavy (non-hydrogen) atoms. The molecule has 0 saturated carbocycles. The van der Waals surface area contributed by atoms with E-state index in [-0.39, 0.29) is 18.5 Å². The summed E-state index contributed by atoms with van der Waals surface area (Å²) in [5.41, 5.74) is 4.90. The van der Waals surface area contributed by atoms with Gasteiger partial charge < -0.3 is 5.32 Å². The predicted molar refractivity (Wildman–Crippen MR) is 115 cm³/mol. The minimum absolute atomic E-state index is 0.0144. The van der Waals surface area contributed by atoms with Gasteiger partial charge in [0.25, 0.3) is 0 Å². The molecule has 4 rings (SSSR count). The van der Waals surface area contributed by atoms with Gasteiger partial charge in [-0.15, -0.1) is 0 Å². The Labute approximate surface area is 170 Å². The van der Waals surface area contributed by atoms with Gasteiger partial charge in [0, 0.05) is 11.6 Å². The van der Waals surface area contributed by atoms with Gasteiger partial charge in [0.15, 0.2) is 5.65 Å². The van der Waals surface area contributed by atoms with Crippen LogP contribution in [-0.4, -0.2) is 20.7 Å². The van der Waals surface area contributed by atoms with Gasteiger partial charge in [0.05, 0.1) is 11.7 Å². The molecule has 2 heterocycles. The van der Waals surface area contributed by atoms with E-state index in [4.69, 9.17) is 0 Å². The average Bonchev–Trinajstić information content (AvgIpc) is 3.08. The monoisotopic (exact) mass is 384 g/mol. The Balaban J connectivity index is 1.61. The Bertz CT molecular complexity index is 1120. The van der Waals surface area contributed by atoms with E-state index in [0.717, 1.165) is 39.8 Å². The number of hydrogen-bond donors (Lipinski definition) is 1. The molecule has 0 spiro atoms. The van der Waals surface area contributed by atoms with Gasteiger partial charge in [0.1, 0.15) is 6.54 Å². The van der Waals surface area contributed by atoms with E-state index in [1.165, 1.54) is 0 Å². The van der Waals surface area contributed by atoms with Crippen LogP contribution in [0.1, 0.15) is 30.6 Å². The highest BCUT2D eigenvalue weighted by Gasteiger charge is 2.17. The van der Waals surface area contributed by atoms with E-state index in [2.05, 4.69) is 34.5 Å². The van der Waals surface area contributed by atoms with Gasteiger partial charge in [-0.05, 0) is 36.1 Å². The van der Waals surface area contributed by atoms with Crippen LogP contribution in [0.4, 0.5) is 0 Å². The highest BCUT2D eigenvalue weighted by Crippen LogP contribution is 2.29. The lowest BCUT2D eigenvalue weighted by Gasteiger charge is -2.17. The third kappa shape index (κ3) is 3.90.